The summed E-state index contributed by atoms with van der Waals surface area (Å²) in [5.74, 6) is 0. The first-order valence-electron chi connectivity index (χ1n) is 6.31. The minimum Gasteiger partial charge on any atom is -0.318 e. The van der Waals surface area contributed by atoms with Gasteiger partial charge in [0, 0.05) is 30.0 Å². The number of aromatic nitrogens is 2. The predicted octanol–water partition coefficient (Wildman–Crippen LogP) is 1.71. The van der Waals surface area contributed by atoms with Gasteiger partial charge >= 0.3 is 4.87 Å². The van der Waals surface area contributed by atoms with E-state index in [-0.39, 0.29) is 21.0 Å². The number of nitrogens with one attached hydrogen (secondary N) is 2. The van der Waals surface area contributed by atoms with Crippen molar-refractivity contribution in [1.29, 1.82) is 0 Å². The molecule has 0 saturated carbocycles. The number of thiazole rings is 2. The van der Waals surface area contributed by atoms with Crippen LogP contribution in [-0.2, 0) is 21.9 Å². The fraction of sp³-hybridized carbons (Fsp3) is 0.500. The average Bonchev–Trinajstić information content (AvgIpc) is 2.97. The van der Waals surface area contributed by atoms with Crippen molar-refractivity contribution in [3.63, 3.8) is 0 Å². The highest BCUT2D eigenvalue weighted by molar-refractivity contribution is 7.91. The topological polar surface area (TPSA) is 91.9 Å². The molecule has 2 aromatic rings. The second-order valence-corrected chi connectivity index (χ2v) is 9.47. The van der Waals surface area contributed by atoms with Gasteiger partial charge in [0.15, 0.2) is 4.21 Å². The maximum atomic E-state index is 11.9. The van der Waals surface area contributed by atoms with Crippen LogP contribution < -0.4 is 9.60 Å². The lowest BCUT2D eigenvalue weighted by atomic mass is 9.93. The number of hydrogen-bond acceptors (Lipinski definition) is 6. The van der Waals surface area contributed by atoms with Gasteiger partial charge in [0.05, 0.1) is 10.7 Å². The Hall–Kier alpha value is -1.03. The second kappa shape index (κ2) is 5.99. The molecule has 0 atom stereocenters. The molecule has 116 valence electrons. The number of aromatic amines is 1. The van der Waals surface area contributed by atoms with Crippen molar-refractivity contribution >= 4 is 32.7 Å². The molecule has 0 aliphatic rings. The van der Waals surface area contributed by atoms with Gasteiger partial charge in [0.2, 0.25) is 0 Å². The van der Waals surface area contributed by atoms with Crippen molar-refractivity contribution in [2.45, 2.75) is 36.8 Å². The number of H-pyrrole nitrogens is 1. The molecule has 0 bridgehead atoms. The summed E-state index contributed by atoms with van der Waals surface area (Å²) in [4.78, 5) is 17.5. The number of sulfonamides is 1. The monoisotopic (exact) mass is 347 g/mol. The molecule has 2 rings (SSSR count). The minimum absolute atomic E-state index is 0.00187. The van der Waals surface area contributed by atoms with Crippen LogP contribution in [0.5, 0.6) is 0 Å². The first kappa shape index (κ1) is 16.3. The van der Waals surface area contributed by atoms with Crippen LogP contribution in [0.3, 0.4) is 0 Å². The molecule has 0 aliphatic carbocycles. The zero-order valence-corrected chi connectivity index (χ0v) is 14.4. The molecular weight excluding hydrogens is 330 g/mol. The summed E-state index contributed by atoms with van der Waals surface area (Å²) in [6.45, 7) is 6.51. The third-order valence-corrected chi connectivity index (χ3v) is 6.39. The Kier molecular flexibility index (Phi) is 4.66. The van der Waals surface area contributed by atoms with Crippen LogP contribution in [0, 0.1) is 0 Å². The van der Waals surface area contributed by atoms with Crippen LogP contribution in [-0.4, -0.2) is 24.9 Å². The maximum absolute atomic E-state index is 11.9. The van der Waals surface area contributed by atoms with Crippen molar-refractivity contribution in [3.8, 4) is 0 Å². The molecule has 2 N–H and O–H groups in total. The summed E-state index contributed by atoms with van der Waals surface area (Å²) < 4.78 is 26.3. The zero-order valence-electron chi connectivity index (χ0n) is 12.0. The first-order chi connectivity index (χ1) is 9.68. The minimum atomic E-state index is -3.62. The lowest BCUT2D eigenvalue weighted by Gasteiger charge is -2.14. The van der Waals surface area contributed by atoms with Crippen LogP contribution >= 0.6 is 22.7 Å². The molecule has 0 radical (unpaired) electrons. The highest BCUT2D eigenvalue weighted by Crippen LogP contribution is 2.24. The van der Waals surface area contributed by atoms with E-state index in [1.807, 2.05) is 5.38 Å². The third kappa shape index (κ3) is 4.22. The van der Waals surface area contributed by atoms with Crippen molar-refractivity contribution in [2.75, 3.05) is 6.54 Å². The van der Waals surface area contributed by atoms with Gasteiger partial charge < -0.3 is 4.98 Å². The Morgan fingerprint density at radius 3 is 2.62 bits per heavy atom. The lowest BCUT2D eigenvalue weighted by Crippen LogP contribution is -2.25. The molecule has 0 saturated heterocycles. The normalized spacial score (nSPS) is 12.7. The van der Waals surface area contributed by atoms with Crippen LogP contribution in [0.2, 0.25) is 0 Å². The van der Waals surface area contributed by atoms with Crippen LogP contribution in [0.15, 0.2) is 20.6 Å². The molecule has 0 spiro atoms. The molecule has 0 fully saturated rings. The molecule has 0 unspecified atom stereocenters. The molecule has 2 heterocycles. The number of nitrogens with zero attached hydrogens (tertiary/aromatic N) is 1. The largest absolute Gasteiger partial charge is 0.318 e. The van der Waals surface area contributed by atoms with Crippen LogP contribution in [0.25, 0.3) is 0 Å². The van der Waals surface area contributed by atoms with Crippen molar-refractivity contribution in [1.82, 2.24) is 14.7 Å². The van der Waals surface area contributed by atoms with Crippen molar-refractivity contribution in [3.05, 3.63) is 31.9 Å². The van der Waals surface area contributed by atoms with E-state index in [0.717, 1.165) is 10.7 Å². The Morgan fingerprint density at radius 2 is 2.10 bits per heavy atom. The van der Waals surface area contributed by atoms with Gasteiger partial charge in [-0.15, -0.1) is 11.3 Å². The van der Waals surface area contributed by atoms with Gasteiger partial charge in [-0.05, 0) is 0 Å². The van der Waals surface area contributed by atoms with Gasteiger partial charge in [-0.1, -0.05) is 32.1 Å². The quantitative estimate of drug-likeness (QED) is 0.861. The summed E-state index contributed by atoms with van der Waals surface area (Å²) in [5, 5.41) is 2.90. The van der Waals surface area contributed by atoms with Crippen molar-refractivity contribution in [2.24, 2.45) is 0 Å². The van der Waals surface area contributed by atoms with E-state index in [1.165, 1.54) is 17.5 Å². The molecule has 0 aliphatic heterocycles. The SMILES string of the molecule is CC(C)(C)c1csc(CCNS(=O)(=O)c2c[nH]c(=O)s2)n1. The van der Waals surface area contributed by atoms with E-state index in [4.69, 9.17) is 0 Å². The van der Waals surface area contributed by atoms with Crippen LogP contribution in [0.4, 0.5) is 0 Å². The lowest BCUT2D eigenvalue weighted by molar-refractivity contribution is 0.569. The summed E-state index contributed by atoms with van der Waals surface area (Å²) >= 11 is 2.20. The molecule has 6 nitrogen and oxygen atoms in total. The van der Waals surface area contributed by atoms with Crippen molar-refractivity contribution < 1.29 is 8.42 Å². The summed E-state index contributed by atoms with van der Waals surface area (Å²) in [7, 11) is -3.62. The van der Waals surface area contributed by atoms with Crippen LogP contribution in [0.1, 0.15) is 31.5 Å². The molecule has 2 aromatic heterocycles. The summed E-state index contributed by atoms with van der Waals surface area (Å²) in [6.07, 6.45) is 1.73. The predicted molar refractivity (Wildman–Crippen MR) is 84.6 cm³/mol. The van der Waals surface area contributed by atoms with Gasteiger partial charge in [0.1, 0.15) is 0 Å². The van der Waals surface area contributed by atoms with E-state index in [0.29, 0.717) is 17.8 Å². The second-order valence-electron chi connectivity index (χ2n) is 5.52. The molecule has 9 heteroatoms. The van der Waals surface area contributed by atoms with Gasteiger partial charge in [-0.25, -0.2) is 18.1 Å². The number of hydrogen-bond donors (Lipinski definition) is 2. The smallest absolute Gasteiger partial charge is 0.305 e. The summed E-state index contributed by atoms with van der Waals surface area (Å²) in [5.41, 5.74) is 1.00. The molecule has 0 amide bonds. The Morgan fingerprint density at radius 1 is 1.38 bits per heavy atom. The summed E-state index contributed by atoms with van der Waals surface area (Å²) in [6, 6.07) is 0. The van der Waals surface area contributed by atoms with E-state index in [9.17, 15) is 13.2 Å². The maximum Gasteiger partial charge on any atom is 0.305 e. The standard InChI is InChI=1S/C12H17N3O3S3/c1-12(2,3)8-7-19-9(15-8)4-5-14-21(17,18)10-6-13-11(16)20-10/h6-7,14H,4-5H2,1-3H3,(H,13,16). The Labute approximate surface area is 131 Å². The fourth-order valence-electron chi connectivity index (χ4n) is 1.53. The Bertz CT molecular complexity index is 765. The Balaban J connectivity index is 1.95. The first-order valence-corrected chi connectivity index (χ1v) is 9.49. The third-order valence-electron chi connectivity index (χ3n) is 2.72. The van der Waals surface area contributed by atoms with E-state index < -0.39 is 10.0 Å². The molecule has 0 aromatic carbocycles. The highest BCUT2D eigenvalue weighted by Gasteiger charge is 2.19. The fourth-order valence-corrected chi connectivity index (χ4v) is 4.55. The molecular formula is C12H17N3O3S3. The zero-order chi connectivity index (χ0) is 15.7. The molecule has 21 heavy (non-hydrogen) atoms. The van der Waals surface area contributed by atoms with Gasteiger partial charge in [0.25, 0.3) is 10.0 Å². The van der Waals surface area contributed by atoms with Gasteiger partial charge in [-0.2, -0.15) is 0 Å². The van der Waals surface area contributed by atoms with E-state index in [1.54, 1.807) is 0 Å². The average molecular weight is 347 g/mol. The van der Waals surface area contributed by atoms with E-state index in [2.05, 4.69) is 35.5 Å². The van der Waals surface area contributed by atoms with E-state index >= 15 is 0 Å². The highest BCUT2D eigenvalue weighted by atomic mass is 32.2. The van der Waals surface area contributed by atoms with Gasteiger partial charge in [-0.3, -0.25) is 4.79 Å². The number of rotatable bonds is 5.